The molecule has 3 aromatic rings. The summed E-state index contributed by atoms with van der Waals surface area (Å²) in [5, 5.41) is 12.5. The van der Waals surface area contributed by atoms with Gasteiger partial charge in [-0.15, -0.1) is 0 Å². The Labute approximate surface area is 164 Å². The van der Waals surface area contributed by atoms with Crippen molar-refractivity contribution in [2.75, 3.05) is 18.5 Å². The molecule has 0 saturated carbocycles. The van der Waals surface area contributed by atoms with Crippen molar-refractivity contribution in [3.8, 4) is 17.1 Å². The maximum atomic E-state index is 12.6. The fourth-order valence-corrected chi connectivity index (χ4v) is 3.38. The third kappa shape index (κ3) is 2.94. The van der Waals surface area contributed by atoms with E-state index in [1.54, 1.807) is 31.3 Å². The van der Waals surface area contributed by atoms with E-state index in [-0.39, 0.29) is 17.5 Å². The first-order chi connectivity index (χ1) is 14.1. The molecule has 2 aliphatic heterocycles. The molecule has 2 amide bonds. The molecular formula is C19H17N7O3. The van der Waals surface area contributed by atoms with E-state index in [1.807, 2.05) is 0 Å². The van der Waals surface area contributed by atoms with Gasteiger partial charge in [0.15, 0.2) is 5.69 Å². The first-order valence-electron chi connectivity index (χ1n) is 9.16. The Bertz CT molecular complexity index is 1170. The monoisotopic (exact) mass is 391 g/mol. The zero-order chi connectivity index (χ0) is 20.0. The van der Waals surface area contributed by atoms with Crippen molar-refractivity contribution in [3.05, 3.63) is 41.2 Å². The molecule has 10 heteroatoms. The Morgan fingerprint density at radius 3 is 2.90 bits per heavy atom. The molecule has 2 aliphatic rings. The van der Waals surface area contributed by atoms with Crippen LogP contribution in [-0.4, -0.2) is 50.1 Å². The lowest BCUT2D eigenvalue weighted by Crippen LogP contribution is -2.26. The molecular weight excluding hydrogens is 374 g/mol. The number of pyridine rings is 1. The smallest absolute Gasteiger partial charge is 0.272 e. The van der Waals surface area contributed by atoms with E-state index in [2.05, 4.69) is 35.8 Å². The van der Waals surface area contributed by atoms with Gasteiger partial charge in [0.25, 0.3) is 11.8 Å². The molecule has 4 N–H and O–H groups in total. The number of aromatic nitrogens is 5. The zero-order valence-electron chi connectivity index (χ0n) is 15.5. The van der Waals surface area contributed by atoms with E-state index >= 15 is 0 Å². The molecule has 0 unspecified atom stereocenters. The minimum atomic E-state index is -0.321. The number of rotatable bonds is 0. The van der Waals surface area contributed by atoms with Crippen LogP contribution in [0.3, 0.4) is 0 Å². The summed E-state index contributed by atoms with van der Waals surface area (Å²) in [6, 6.07) is 3.59. The van der Waals surface area contributed by atoms with Crippen LogP contribution in [0.25, 0.3) is 22.9 Å². The molecule has 0 aromatic carbocycles. The highest BCUT2D eigenvalue weighted by atomic mass is 16.5. The van der Waals surface area contributed by atoms with Crippen LogP contribution in [0.5, 0.6) is 5.88 Å². The normalized spacial score (nSPS) is 17.6. The molecule has 0 saturated heterocycles. The quantitative estimate of drug-likeness (QED) is 0.458. The molecule has 0 aliphatic carbocycles. The molecule has 29 heavy (non-hydrogen) atoms. The molecule has 0 atom stereocenters. The van der Waals surface area contributed by atoms with Crippen LogP contribution in [-0.2, 0) is 4.79 Å². The highest BCUT2D eigenvalue weighted by molar-refractivity contribution is 6.34. The SMILES string of the molecule is Cc1nc2c([nH]1)/C=C1\C(=O)Nc3ccc(nc31)-c1cn[nH]c1OCCCNC2=O. The first-order valence-corrected chi connectivity index (χ1v) is 9.16. The predicted octanol–water partition coefficient (Wildman–Crippen LogP) is 1.51. The zero-order valence-corrected chi connectivity index (χ0v) is 15.5. The van der Waals surface area contributed by atoms with Gasteiger partial charge in [-0.3, -0.25) is 9.59 Å². The molecule has 0 fully saturated rings. The van der Waals surface area contributed by atoms with Crippen LogP contribution >= 0.6 is 0 Å². The summed E-state index contributed by atoms with van der Waals surface area (Å²) in [5.41, 5.74) is 3.46. The number of fused-ring (bicyclic) bond motifs is 4. The summed E-state index contributed by atoms with van der Waals surface area (Å²) in [4.78, 5) is 37.2. The summed E-state index contributed by atoms with van der Waals surface area (Å²) in [7, 11) is 0. The first kappa shape index (κ1) is 17.2. The van der Waals surface area contributed by atoms with Gasteiger partial charge < -0.3 is 20.4 Å². The van der Waals surface area contributed by atoms with Crippen molar-refractivity contribution < 1.29 is 14.3 Å². The van der Waals surface area contributed by atoms with Crippen LogP contribution in [0.1, 0.15) is 34.1 Å². The number of carbonyl (C=O) groups excluding carboxylic acids is 2. The Morgan fingerprint density at radius 1 is 1.10 bits per heavy atom. The molecule has 0 radical (unpaired) electrons. The lowest BCUT2D eigenvalue weighted by atomic mass is 10.1. The Hall–Kier alpha value is -3.95. The lowest BCUT2D eigenvalue weighted by molar-refractivity contribution is -0.110. The van der Waals surface area contributed by atoms with Crippen molar-refractivity contribution in [2.45, 2.75) is 13.3 Å². The number of nitrogens with zero attached hydrogens (tertiary/aromatic N) is 3. The molecule has 2 bridgehead atoms. The van der Waals surface area contributed by atoms with Gasteiger partial charge in [-0.25, -0.2) is 15.1 Å². The topological polar surface area (TPSA) is 138 Å². The maximum absolute atomic E-state index is 12.6. The Kier molecular flexibility index (Phi) is 3.90. The van der Waals surface area contributed by atoms with Crippen LogP contribution in [0.4, 0.5) is 5.69 Å². The third-order valence-corrected chi connectivity index (χ3v) is 4.73. The number of carbonyl (C=O) groups is 2. The number of imidazole rings is 1. The number of ether oxygens (including phenoxy) is 1. The van der Waals surface area contributed by atoms with Crippen molar-refractivity contribution in [1.82, 2.24) is 30.5 Å². The number of H-pyrrole nitrogens is 2. The highest BCUT2D eigenvalue weighted by Gasteiger charge is 2.28. The lowest BCUT2D eigenvalue weighted by Gasteiger charge is -2.07. The summed E-state index contributed by atoms with van der Waals surface area (Å²) >= 11 is 0. The summed E-state index contributed by atoms with van der Waals surface area (Å²) in [6.45, 7) is 2.56. The predicted molar refractivity (Wildman–Crippen MR) is 104 cm³/mol. The maximum Gasteiger partial charge on any atom is 0.272 e. The van der Waals surface area contributed by atoms with E-state index in [1.165, 1.54) is 0 Å². The number of hydrogen-bond acceptors (Lipinski definition) is 6. The second-order valence-electron chi connectivity index (χ2n) is 6.76. The third-order valence-electron chi connectivity index (χ3n) is 4.73. The molecule has 0 spiro atoms. The minimum absolute atomic E-state index is 0.234. The largest absolute Gasteiger partial charge is 0.477 e. The Morgan fingerprint density at radius 2 is 2.00 bits per heavy atom. The van der Waals surface area contributed by atoms with Gasteiger partial charge >= 0.3 is 0 Å². The number of anilines is 1. The number of nitrogens with one attached hydrogen (secondary N) is 4. The summed E-state index contributed by atoms with van der Waals surface area (Å²) < 4.78 is 5.78. The van der Waals surface area contributed by atoms with E-state index in [9.17, 15) is 9.59 Å². The van der Waals surface area contributed by atoms with Crippen LogP contribution in [0.2, 0.25) is 0 Å². The van der Waals surface area contributed by atoms with Crippen molar-refractivity contribution in [2.24, 2.45) is 0 Å². The van der Waals surface area contributed by atoms with Gasteiger partial charge in [0.1, 0.15) is 11.5 Å². The Balaban J connectivity index is 1.69. The fourth-order valence-electron chi connectivity index (χ4n) is 3.38. The van der Waals surface area contributed by atoms with Gasteiger partial charge in [0.05, 0.1) is 41.0 Å². The van der Waals surface area contributed by atoms with Crippen molar-refractivity contribution in [1.29, 1.82) is 0 Å². The van der Waals surface area contributed by atoms with Gasteiger partial charge in [-0.2, -0.15) is 5.10 Å². The minimum Gasteiger partial charge on any atom is -0.477 e. The summed E-state index contributed by atoms with van der Waals surface area (Å²) in [6.07, 6.45) is 3.84. The van der Waals surface area contributed by atoms with Gasteiger partial charge in [-0.05, 0) is 31.6 Å². The average molecular weight is 391 g/mol. The number of aromatic amines is 2. The van der Waals surface area contributed by atoms with Crippen LogP contribution in [0.15, 0.2) is 18.3 Å². The summed E-state index contributed by atoms with van der Waals surface area (Å²) in [5.74, 6) is 0.452. The molecule has 5 heterocycles. The van der Waals surface area contributed by atoms with Crippen molar-refractivity contribution in [3.63, 3.8) is 0 Å². The molecule has 146 valence electrons. The standard InChI is InChI=1S/C19H17N7O3/c1-9-22-14-7-10-15-13(25-17(10)27)4-3-12(24-15)11-8-21-26-19(11)29-6-2-5-20-18(28)16(14)23-9/h3-4,7-8H,2,5-6H2,1H3,(H,20,28)(H,21,26)(H,22,23)(H,25,27)/b10-7-. The number of hydrogen-bond donors (Lipinski definition) is 4. The van der Waals surface area contributed by atoms with Gasteiger partial charge in [-0.1, -0.05) is 0 Å². The second-order valence-corrected chi connectivity index (χ2v) is 6.76. The van der Waals surface area contributed by atoms with Crippen molar-refractivity contribution >= 4 is 29.2 Å². The highest BCUT2D eigenvalue weighted by Crippen LogP contribution is 2.35. The second kappa shape index (κ2) is 6.59. The van der Waals surface area contributed by atoms with E-state index in [4.69, 9.17) is 4.74 Å². The van der Waals surface area contributed by atoms with Crippen LogP contribution < -0.4 is 15.4 Å². The van der Waals surface area contributed by atoms with E-state index in [0.29, 0.717) is 65.2 Å². The van der Waals surface area contributed by atoms with E-state index in [0.717, 1.165) is 0 Å². The van der Waals surface area contributed by atoms with Gasteiger partial charge in [0, 0.05) is 6.54 Å². The molecule has 5 rings (SSSR count). The van der Waals surface area contributed by atoms with E-state index < -0.39 is 0 Å². The molecule has 3 aromatic heterocycles. The van der Waals surface area contributed by atoms with Crippen LogP contribution in [0, 0.1) is 6.92 Å². The fraction of sp³-hybridized carbons (Fsp3) is 0.211. The number of amides is 2. The average Bonchev–Trinajstić information content (AvgIpc) is 3.39. The molecule has 10 nitrogen and oxygen atoms in total. The van der Waals surface area contributed by atoms with Gasteiger partial charge in [0.2, 0.25) is 5.88 Å². The number of aryl methyl sites for hydroxylation is 1.